The van der Waals surface area contributed by atoms with Gasteiger partial charge in [-0.1, -0.05) is 17.3 Å². The van der Waals surface area contributed by atoms with Crippen LogP contribution in [0.5, 0.6) is 5.75 Å². The lowest BCUT2D eigenvalue weighted by atomic mass is 10.2. The zero-order valence-electron chi connectivity index (χ0n) is 14.8. The van der Waals surface area contributed by atoms with Gasteiger partial charge in [0.05, 0.1) is 12.2 Å². The van der Waals surface area contributed by atoms with Gasteiger partial charge in [0.15, 0.2) is 11.5 Å². The molecule has 0 fully saturated rings. The molecule has 2 heterocycles. The van der Waals surface area contributed by atoms with Gasteiger partial charge < -0.3 is 14.6 Å². The summed E-state index contributed by atoms with van der Waals surface area (Å²) in [6.07, 6.45) is 5.56. The van der Waals surface area contributed by atoms with E-state index in [0.29, 0.717) is 5.76 Å². The first-order chi connectivity index (χ1) is 12.6. The summed E-state index contributed by atoms with van der Waals surface area (Å²) in [5.74, 6) is 0.952. The Morgan fingerprint density at radius 1 is 1.42 bits per heavy atom. The van der Waals surface area contributed by atoms with Gasteiger partial charge in [-0.3, -0.25) is 9.48 Å². The van der Waals surface area contributed by atoms with Gasteiger partial charge in [-0.25, -0.2) is 0 Å². The van der Waals surface area contributed by atoms with Crippen LogP contribution in [0.4, 0.5) is 0 Å². The number of nitrogens with zero attached hydrogens (tertiary/aromatic N) is 3. The van der Waals surface area contributed by atoms with Gasteiger partial charge in [-0.15, -0.1) is 11.8 Å². The van der Waals surface area contributed by atoms with Crippen molar-refractivity contribution in [2.75, 3.05) is 6.26 Å². The molecule has 0 spiro atoms. The van der Waals surface area contributed by atoms with Gasteiger partial charge in [0.1, 0.15) is 12.4 Å². The molecule has 1 aromatic carbocycles. The van der Waals surface area contributed by atoms with Gasteiger partial charge in [-0.05, 0) is 25.3 Å². The summed E-state index contributed by atoms with van der Waals surface area (Å²) in [4.78, 5) is 13.4. The second-order valence-electron chi connectivity index (χ2n) is 5.76. The minimum Gasteiger partial charge on any atom is -0.484 e. The second-order valence-corrected chi connectivity index (χ2v) is 6.61. The third kappa shape index (κ3) is 4.26. The molecule has 2 aromatic heterocycles. The number of thioether (sulfide) groups is 1. The Morgan fingerprint density at radius 2 is 2.23 bits per heavy atom. The SMILES string of the molecule is CSc1ccccc1OCc1cc(C(=O)N[C@H](C)c2cnn(C)c2)no1. The number of benzene rings is 1. The summed E-state index contributed by atoms with van der Waals surface area (Å²) < 4.78 is 12.7. The van der Waals surface area contributed by atoms with Crippen LogP contribution in [0.15, 0.2) is 52.1 Å². The zero-order chi connectivity index (χ0) is 18.5. The molecule has 3 rings (SSSR count). The molecule has 0 aliphatic rings. The van der Waals surface area contributed by atoms with E-state index < -0.39 is 0 Å². The van der Waals surface area contributed by atoms with Gasteiger partial charge in [-0.2, -0.15) is 5.10 Å². The lowest BCUT2D eigenvalue weighted by Gasteiger charge is -2.10. The number of hydrogen-bond donors (Lipinski definition) is 1. The van der Waals surface area contributed by atoms with Crippen molar-refractivity contribution >= 4 is 17.7 Å². The quantitative estimate of drug-likeness (QED) is 0.642. The van der Waals surface area contributed by atoms with Crippen molar-refractivity contribution in [3.8, 4) is 5.75 Å². The minimum atomic E-state index is -0.305. The zero-order valence-corrected chi connectivity index (χ0v) is 15.6. The minimum absolute atomic E-state index is 0.180. The number of ether oxygens (including phenoxy) is 1. The molecule has 0 aliphatic heterocycles. The molecule has 0 radical (unpaired) electrons. The Labute approximate surface area is 155 Å². The Morgan fingerprint density at radius 3 is 2.96 bits per heavy atom. The lowest BCUT2D eigenvalue weighted by Crippen LogP contribution is -2.26. The first kappa shape index (κ1) is 18.1. The third-order valence-corrected chi connectivity index (χ3v) is 4.58. The largest absolute Gasteiger partial charge is 0.484 e. The molecular formula is C18H20N4O3S. The summed E-state index contributed by atoms with van der Waals surface area (Å²) in [6, 6.07) is 9.16. The van der Waals surface area contributed by atoms with E-state index in [9.17, 15) is 4.79 Å². The van der Waals surface area contributed by atoms with E-state index in [1.54, 1.807) is 28.7 Å². The van der Waals surface area contributed by atoms with E-state index in [2.05, 4.69) is 15.6 Å². The van der Waals surface area contributed by atoms with Crippen molar-refractivity contribution in [3.63, 3.8) is 0 Å². The third-order valence-electron chi connectivity index (χ3n) is 3.80. The Kier molecular flexibility index (Phi) is 5.62. The molecule has 136 valence electrons. The van der Waals surface area contributed by atoms with Crippen LogP contribution in [-0.4, -0.2) is 27.1 Å². The number of para-hydroxylation sites is 1. The fraction of sp³-hybridized carbons (Fsp3) is 0.278. The fourth-order valence-corrected chi connectivity index (χ4v) is 2.94. The van der Waals surface area contributed by atoms with Crippen molar-refractivity contribution in [1.82, 2.24) is 20.3 Å². The van der Waals surface area contributed by atoms with Crippen LogP contribution in [-0.2, 0) is 13.7 Å². The number of nitrogens with one attached hydrogen (secondary N) is 1. The predicted octanol–water partition coefficient (Wildman–Crippen LogP) is 3.20. The summed E-state index contributed by atoms with van der Waals surface area (Å²) in [5.41, 5.74) is 1.14. The predicted molar refractivity (Wildman–Crippen MR) is 98.1 cm³/mol. The molecule has 0 bridgehead atoms. The molecule has 8 heteroatoms. The molecule has 0 saturated carbocycles. The average molecular weight is 372 g/mol. The van der Waals surface area contributed by atoms with E-state index in [1.165, 1.54) is 0 Å². The molecule has 3 aromatic rings. The Bertz CT molecular complexity index is 890. The van der Waals surface area contributed by atoms with Crippen molar-refractivity contribution in [2.45, 2.75) is 24.5 Å². The van der Waals surface area contributed by atoms with E-state index in [-0.39, 0.29) is 24.2 Å². The lowest BCUT2D eigenvalue weighted by molar-refractivity contribution is 0.0930. The number of amides is 1. The highest BCUT2D eigenvalue weighted by atomic mass is 32.2. The number of hydrogen-bond acceptors (Lipinski definition) is 6. The van der Waals surface area contributed by atoms with Crippen LogP contribution < -0.4 is 10.1 Å². The number of aromatic nitrogens is 3. The number of rotatable bonds is 7. The second kappa shape index (κ2) is 8.09. The summed E-state index contributed by atoms with van der Waals surface area (Å²) in [6.45, 7) is 2.09. The molecule has 1 amide bonds. The molecule has 7 nitrogen and oxygen atoms in total. The van der Waals surface area contributed by atoms with Gasteiger partial charge in [0.2, 0.25) is 0 Å². The van der Waals surface area contributed by atoms with Gasteiger partial charge in [0.25, 0.3) is 5.91 Å². The van der Waals surface area contributed by atoms with Crippen molar-refractivity contribution in [3.05, 3.63) is 59.7 Å². The highest BCUT2D eigenvalue weighted by Gasteiger charge is 2.17. The molecular weight excluding hydrogens is 352 g/mol. The monoisotopic (exact) mass is 372 g/mol. The fourth-order valence-electron chi connectivity index (χ4n) is 2.39. The maximum absolute atomic E-state index is 12.3. The molecule has 0 saturated heterocycles. The maximum atomic E-state index is 12.3. The molecule has 1 N–H and O–H groups in total. The summed E-state index contributed by atoms with van der Waals surface area (Å²) in [5, 5.41) is 10.8. The average Bonchev–Trinajstić information content (AvgIpc) is 3.29. The number of carbonyl (C=O) groups excluding carboxylic acids is 1. The Hall–Kier alpha value is -2.74. The van der Waals surface area contributed by atoms with Gasteiger partial charge in [0, 0.05) is 29.8 Å². The molecule has 26 heavy (non-hydrogen) atoms. The standard InChI is InChI=1S/C18H20N4O3S/c1-12(13-9-19-22(2)10-13)20-18(23)15-8-14(25-21-15)11-24-16-6-4-5-7-17(16)26-3/h4-10,12H,11H2,1-3H3,(H,20,23)/t12-/m1/s1. The van der Waals surface area contributed by atoms with Crippen LogP contribution in [0.25, 0.3) is 0 Å². The van der Waals surface area contributed by atoms with Crippen LogP contribution >= 0.6 is 11.8 Å². The van der Waals surface area contributed by atoms with E-state index in [1.807, 2.05) is 50.7 Å². The van der Waals surface area contributed by atoms with E-state index in [4.69, 9.17) is 9.26 Å². The number of carbonyl (C=O) groups is 1. The summed E-state index contributed by atoms with van der Waals surface area (Å²) in [7, 11) is 1.83. The van der Waals surface area contributed by atoms with Crippen molar-refractivity contribution < 1.29 is 14.1 Å². The first-order valence-electron chi connectivity index (χ1n) is 8.07. The number of aryl methyl sites for hydroxylation is 1. The highest BCUT2D eigenvalue weighted by molar-refractivity contribution is 7.98. The van der Waals surface area contributed by atoms with E-state index >= 15 is 0 Å². The van der Waals surface area contributed by atoms with Crippen LogP contribution in [0.3, 0.4) is 0 Å². The molecule has 0 aliphatic carbocycles. The van der Waals surface area contributed by atoms with Crippen molar-refractivity contribution in [2.24, 2.45) is 7.05 Å². The highest BCUT2D eigenvalue weighted by Crippen LogP contribution is 2.27. The smallest absolute Gasteiger partial charge is 0.273 e. The maximum Gasteiger partial charge on any atom is 0.273 e. The topological polar surface area (TPSA) is 82.2 Å². The normalized spacial score (nSPS) is 12.0. The molecule has 1 atom stereocenters. The van der Waals surface area contributed by atoms with E-state index in [0.717, 1.165) is 16.2 Å². The van der Waals surface area contributed by atoms with Crippen LogP contribution in [0.2, 0.25) is 0 Å². The Balaban J connectivity index is 1.59. The van der Waals surface area contributed by atoms with Gasteiger partial charge >= 0.3 is 0 Å². The van der Waals surface area contributed by atoms with Crippen LogP contribution in [0.1, 0.15) is 34.8 Å². The summed E-state index contributed by atoms with van der Waals surface area (Å²) >= 11 is 1.60. The first-order valence-corrected chi connectivity index (χ1v) is 9.30. The van der Waals surface area contributed by atoms with Crippen molar-refractivity contribution in [1.29, 1.82) is 0 Å². The van der Waals surface area contributed by atoms with Crippen LogP contribution in [0, 0.1) is 0 Å². The molecule has 0 unspecified atom stereocenters.